The van der Waals surface area contributed by atoms with Crippen LogP contribution >= 0.6 is 12.2 Å². The Hall–Kier alpha value is -1.69. The molecule has 0 saturated carbocycles. The third-order valence-corrected chi connectivity index (χ3v) is 2.37. The van der Waals surface area contributed by atoms with E-state index in [-0.39, 0.29) is 17.2 Å². The number of ether oxygens (including phenoxy) is 1. The summed E-state index contributed by atoms with van der Waals surface area (Å²) in [6.07, 6.45) is -0.827. The van der Waals surface area contributed by atoms with Crippen molar-refractivity contribution in [3.8, 4) is 5.75 Å². The molecule has 0 aliphatic carbocycles. The summed E-state index contributed by atoms with van der Waals surface area (Å²) in [5.74, 6) is -1.94. The third-order valence-electron chi connectivity index (χ3n) is 2.13. The van der Waals surface area contributed by atoms with Crippen LogP contribution in [0, 0.1) is 5.82 Å². The SMILES string of the molecule is CCC(Oc1ccc(C(N)=S)cc1F)C(=O)O. The fraction of sp³-hybridized carbons (Fsp3) is 0.273. The van der Waals surface area contributed by atoms with Gasteiger partial charge in [0.15, 0.2) is 17.7 Å². The van der Waals surface area contributed by atoms with Gasteiger partial charge < -0.3 is 15.6 Å². The number of thiocarbonyl (C=S) groups is 1. The molecule has 0 radical (unpaired) electrons. The summed E-state index contributed by atoms with van der Waals surface area (Å²) in [6.45, 7) is 1.64. The molecule has 1 aromatic carbocycles. The normalized spacial score (nSPS) is 11.9. The fourth-order valence-electron chi connectivity index (χ4n) is 1.21. The van der Waals surface area contributed by atoms with E-state index in [4.69, 9.17) is 27.8 Å². The van der Waals surface area contributed by atoms with Crippen LogP contribution in [0.2, 0.25) is 0 Å². The Morgan fingerprint density at radius 2 is 2.29 bits per heavy atom. The summed E-state index contributed by atoms with van der Waals surface area (Å²) in [4.78, 5) is 10.8. The molecule has 0 spiro atoms. The average molecular weight is 257 g/mol. The predicted molar refractivity (Wildman–Crippen MR) is 64.6 cm³/mol. The minimum atomic E-state index is -1.13. The molecule has 1 atom stereocenters. The summed E-state index contributed by atoms with van der Waals surface area (Å²) in [6, 6.07) is 3.91. The van der Waals surface area contributed by atoms with Crippen molar-refractivity contribution in [2.45, 2.75) is 19.4 Å². The van der Waals surface area contributed by atoms with Crippen LogP contribution in [0.5, 0.6) is 5.75 Å². The van der Waals surface area contributed by atoms with Crippen molar-refractivity contribution in [2.24, 2.45) is 5.73 Å². The summed E-state index contributed by atoms with van der Waals surface area (Å²) in [5, 5.41) is 8.78. The summed E-state index contributed by atoms with van der Waals surface area (Å²) in [5.41, 5.74) is 5.71. The Bertz CT molecular complexity index is 450. The van der Waals surface area contributed by atoms with Crippen molar-refractivity contribution in [2.75, 3.05) is 0 Å². The fourth-order valence-corrected chi connectivity index (χ4v) is 1.34. The van der Waals surface area contributed by atoms with Gasteiger partial charge in [0.25, 0.3) is 0 Å². The van der Waals surface area contributed by atoms with Crippen molar-refractivity contribution in [1.29, 1.82) is 0 Å². The smallest absolute Gasteiger partial charge is 0.344 e. The maximum absolute atomic E-state index is 13.5. The molecule has 0 heterocycles. The van der Waals surface area contributed by atoms with Crippen molar-refractivity contribution in [3.63, 3.8) is 0 Å². The van der Waals surface area contributed by atoms with Gasteiger partial charge in [-0.3, -0.25) is 0 Å². The van der Waals surface area contributed by atoms with Crippen LogP contribution in [-0.4, -0.2) is 22.2 Å². The first-order chi connectivity index (χ1) is 7.95. The van der Waals surface area contributed by atoms with E-state index in [2.05, 4.69) is 0 Å². The van der Waals surface area contributed by atoms with Crippen LogP contribution in [0.15, 0.2) is 18.2 Å². The van der Waals surface area contributed by atoms with Gasteiger partial charge in [0.1, 0.15) is 4.99 Å². The molecule has 0 aliphatic rings. The number of carboxylic acid groups (broad SMARTS) is 1. The van der Waals surface area contributed by atoms with Gasteiger partial charge in [-0.05, 0) is 24.6 Å². The first-order valence-electron chi connectivity index (χ1n) is 4.94. The van der Waals surface area contributed by atoms with E-state index in [1.165, 1.54) is 12.1 Å². The number of benzene rings is 1. The van der Waals surface area contributed by atoms with E-state index in [0.29, 0.717) is 5.56 Å². The highest BCUT2D eigenvalue weighted by molar-refractivity contribution is 7.80. The van der Waals surface area contributed by atoms with Gasteiger partial charge in [0.05, 0.1) is 0 Å². The van der Waals surface area contributed by atoms with E-state index in [0.717, 1.165) is 6.07 Å². The van der Waals surface area contributed by atoms with Crippen LogP contribution in [-0.2, 0) is 4.79 Å². The Morgan fingerprint density at radius 1 is 1.65 bits per heavy atom. The highest BCUT2D eigenvalue weighted by Crippen LogP contribution is 2.20. The lowest BCUT2D eigenvalue weighted by molar-refractivity contribution is -0.145. The Balaban J connectivity index is 2.93. The van der Waals surface area contributed by atoms with E-state index in [1.54, 1.807) is 6.92 Å². The number of carboxylic acids is 1. The van der Waals surface area contributed by atoms with E-state index in [1.807, 2.05) is 0 Å². The second-order valence-corrected chi connectivity index (χ2v) is 3.80. The standard InChI is InChI=1S/C11H12FNO3S/c1-2-8(11(14)15)16-9-4-3-6(10(13)17)5-7(9)12/h3-5,8H,2H2,1H3,(H2,13,17)(H,14,15). The molecule has 0 saturated heterocycles. The first-order valence-corrected chi connectivity index (χ1v) is 5.35. The average Bonchev–Trinajstić information content (AvgIpc) is 2.26. The quantitative estimate of drug-likeness (QED) is 0.785. The van der Waals surface area contributed by atoms with Gasteiger partial charge in [0.2, 0.25) is 0 Å². The monoisotopic (exact) mass is 257 g/mol. The molecule has 92 valence electrons. The zero-order chi connectivity index (χ0) is 13.0. The number of nitrogens with two attached hydrogens (primary N) is 1. The Labute approximate surface area is 103 Å². The van der Waals surface area contributed by atoms with Crippen molar-refractivity contribution >= 4 is 23.2 Å². The second-order valence-electron chi connectivity index (χ2n) is 3.36. The van der Waals surface area contributed by atoms with Gasteiger partial charge in [-0.25, -0.2) is 9.18 Å². The number of halogens is 1. The summed E-state index contributed by atoms with van der Waals surface area (Å²) >= 11 is 4.69. The van der Waals surface area contributed by atoms with E-state index in [9.17, 15) is 9.18 Å². The van der Waals surface area contributed by atoms with Crippen molar-refractivity contribution < 1.29 is 19.0 Å². The molecule has 17 heavy (non-hydrogen) atoms. The van der Waals surface area contributed by atoms with Gasteiger partial charge >= 0.3 is 5.97 Å². The lowest BCUT2D eigenvalue weighted by Gasteiger charge is -2.14. The van der Waals surface area contributed by atoms with E-state index < -0.39 is 17.9 Å². The maximum Gasteiger partial charge on any atom is 0.344 e. The highest BCUT2D eigenvalue weighted by Gasteiger charge is 2.18. The van der Waals surface area contributed by atoms with Crippen LogP contribution in [0.4, 0.5) is 4.39 Å². The van der Waals surface area contributed by atoms with Gasteiger partial charge in [0, 0.05) is 5.56 Å². The Morgan fingerprint density at radius 3 is 2.71 bits per heavy atom. The Kier molecular flexibility index (Phi) is 4.39. The van der Waals surface area contributed by atoms with Crippen LogP contribution in [0.25, 0.3) is 0 Å². The molecular weight excluding hydrogens is 245 g/mol. The predicted octanol–water partition coefficient (Wildman–Crippen LogP) is 1.70. The highest BCUT2D eigenvalue weighted by atomic mass is 32.1. The van der Waals surface area contributed by atoms with Crippen LogP contribution in [0.1, 0.15) is 18.9 Å². The van der Waals surface area contributed by atoms with Gasteiger partial charge in [-0.15, -0.1) is 0 Å². The minimum Gasteiger partial charge on any atom is -0.479 e. The molecule has 0 amide bonds. The molecule has 4 nitrogen and oxygen atoms in total. The molecule has 1 aromatic rings. The third kappa shape index (κ3) is 3.39. The number of hydrogen-bond donors (Lipinski definition) is 2. The molecule has 0 bridgehead atoms. The molecule has 6 heteroatoms. The van der Waals surface area contributed by atoms with Crippen molar-refractivity contribution in [3.05, 3.63) is 29.6 Å². The van der Waals surface area contributed by atoms with Crippen LogP contribution < -0.4 is 10.5 Å². The van der Waals surface area contributed by atoms with Gasteiger partial charge in [-0.2, -0.15) is 0 Å². The molecule has 0 fully saturated rings. The van der Waals surface area contributed by atoms with E-state index >= 15 is 0 Å². The largest absolute Gasteiger partial charge is 0.479 e. The molecule has 1 rings (SSSR count). The number of aliphatic carboxylic acids is 1. The lowest BCUT2D eigenvalue weighted by atomic mass is 10.2. The van der Waals surface area contributed by atoms with Gasteiger partial charge in [-0.1, -0.05) is 19.1 Å². The molecular formula is C11H12FNO3S. The molecule has 0 aliphatic heterocycles. The topological polar surface area (TPSA) is 72.5 Å². The molecule has 3 N–H and O–H groups in total. The second kappa shape index (κ2) is 5.58. The summed E-state index contributed by atoms with van der Waals surface area (Å²) < 4.78 is 18.6. The maximum atomic E-state index is 13.5. The first kappa shape index (κ1) is 13.4. The summed E-state index contributed by atoms with van der Waals surface area (Å²) in [7, 11) is 0. The number of hydrogen-bond acceptors (Lipinski definition) is 3. The zero-order valence-electron chi connectivity index (χ0n) is 9.14. The van der Waals surface area contributed by atoms with Crippen molar-refractivity contribution in [1.82, 2.24) is 0 Å². The number of carbonyl (C=O) groups is 1. The number of rotatable bonds is 5. The molecule has 1 unspecified atom stereocenters. The minimum absolute atomic E-state index is 0.0701. The molecule has 0 aromatic heterocycles. The zero-order valence-corrected chi connectivity index (χ0v) is 9.96. The lowest BCUT2D eigenvalue weighted by Crippen LogP contribution is -2.26. The van der Waals surface area contributed by atoms with Crippen LogP contribution in [0.3, 0.4) is 0 Å².